The van der Waals surface area contributed by atoms with Crippen molar-refractivity contribution in [1.29, 1.82) is 0 Å². The van der Waals surface area contributed by atoms with Gasteiger partial charge < -0.3 is 9.64 Å². The van der Waals surface area contributed by atoms with Gasteiger partial charge in [-0.25, -0.2) is 4.99 Å². The van der Waals surface area contributed by atoms with Crippen LogP contribution in [0.3, 0.4) is 0 Å². The number of hydrogen-bond donors (Lipinski definition) is 0. The van der Waals surface area contributed by atoms with Gasteiger partial charge in [-0.05, 0) is 36.0 Å². The number of rotatable bonds is 3. The second-order valence-electron chi connectivity index (χ2n) is 6.71. The molecule has 1 atom stereocenters. The normalized spacial score (nSPS) is 22.0. The molecule has 28 heavy (non-hydrogen) atoms. The van der Waals surface area contributed by atoms with Gasteiger partial charge in [-0.2, -0.15) is 0 Å². The van der Waals surface area contributed by atoms with Crippen LogP contribution in [0.2, 0.25) is 5.02 Å². The molecular weight excluding hydrogens is 398 g/mol. The van der Waals surface area contributed by atoms with Crippen LogP contribution in [-0.2, 0) is 20.9 Å². The largest absolute Gasteiger partial charge is 0.378 e. The van der Waals surface area contributed by atoms with Crippen molar-refractivity contribution < 1.29 is 14.3 Å². The predicted molar refractivity (Wildman–Crippen MR) is 110 cm³/mol. The molecule has 0 bridgehead atoms. The number of benzene rings is 1. The van der Waals surface area contributed by atoms with Gasteiger partial charge >= 0.3 is 0 Å². The smallest absolute Gasteiger partial charge is 0.254 e. The second-order valence-corrected chi connectivity index (χ2v) is 7.51. The molecule has 0 saturated carbocycles. The standard InChI is InChI=1S/C20H18ClN3O3S/c21-15-4-1-13(2-5-15)12-24-19(26)16-6-3-14(11-17(16)22-20(24)28)18(25)23-7-9-27-10-8-23/h1-6,11,16H,7-10,12H2. The minimum atomic E-state index is -0.528. The van der Waals surface area contributed by atoms with Crippen LogP contribution < -0.4 is 0 Å². The lowest BCUT2D eigenvalue weighted by Crippen LogP contribution is -2.46. The first-order valence-electron chi connectivity index (χ1n) is 8.98. The zero-order valence-electron chi connectivity index (χ0n) is 15.0. The van der Waals surface area contributed by atoms with E-state index in [9.17, 15) is 9.59 Å². The molecule has 1 aromatic rings. The lowest BCUT2D eigenvalue weighted by molar-refractivity contribution is -0.131. The van der Waals surface area contributed by atoms with E-state index in [1.165, 1.54) is 4.90 Å². The Bertz CT molecular complexity index is 917. The molecule has 3 aliphatic rings. The lowest BCUT2D eigenvalue weighted by Gasteiger charge is -2.32. The quantitative estimate of drug-likeness (QED) is 0.711. The van der Waals surface area contributed by atoms with Gasteiger partial charge in [0.25, 0.3) is 5.91 Å². The van der Waals surface area contributed by atoms with Crippen molar-refractivity contribution in [3.05, 3.63) is 58.7 Å². The fourth-order valence-corrected chi connectivity index (χ4v) is 3.73. The zero-order valence-corrected chi connectivity index (χ0v) is 16.6. The van der Waals surface area contributed by atoms with Gasteiger partial charge in [-0.15, -0.1) is 0 Å². The fourth-order valence-electron chi connectivity index (χ4n) is 3.34. The van der Waals surface area contributed by atoms with E-state index in [2.05, 4.69) is 4.99 Å². The molecule has 2 heterocycles. The average molecular weight is 416 g/mol. The highest BCUT2D eigenvalue weighted by Gasteiger charge is 2.35. The number of morpholine rings is 1. The summed E-state index contributed by atoms with van der Waals surface area (Å²) in [6, 6.07) is 7.26. The number of carbonyl (C=O) groups excluding carboxylic acids is 2. The summed E-state index contributed by atoms with van der Waals surface area (Å²) >= 11 is 11.3. The van der Waals surface area contributed by atoms with Crippen LogP contribution >= 0.6 is 23.8 Å². The van der Waals surface area contributed by atoms with Gasteiger partial charge in [-0.3, -0.25) is 14.5 Å². The predicted octanol–water partition coefficient (Wildman–Crippen LogP) is 2.38. The number of nitrogens with zero attached hydrogens (tertiary/aromatic N) is 3. The highest BCUT2D eigenvalue weighted by molar-refractivity contribution is 7.80. The van der Waals surface area contributed by atoms with Gasteiger partial charge in [0.15, 0.2) is 0 Å². The summed E-state index contributed by atoms with van der Waals surface area (Å²) in [6.45, 7) is 2.53. The maximum Gasteiger partial charge on any atom is 0.254 e. The second kappa shape index (κ2) is 7.95. The molecule has 1 aliphatic carbocycles. The molecule has 144 valence electrons. The third-order valence-corrected chi connectivity index (χ3v) is 5.44. The summed E-state index contributed by atoms with van der Waals surface area (Å²) in [7, 11) is 0. The Labute approximate surface area is 173 Å². The molecule has 0 N–H and O–H groups in total. The van der Waals surface area contributed by atoms with Crippen LogP contribution in [0.1, 0.15) is 5.56 Å². The Morgan fingerprint density at radius 2 is 1.96 bits per heavy atom. The summed E-state index contributed by atoms with van der Waals surface area (Å²) in [5.41, 5.74) is 1.94. The molecule has 0 aromatic heterocycles. The zero-order chi connectivity index (χ0) is 19.7. The molecule has 8 heteroatoms. The Hall–Kier alpha value is -2.35. The first-order valence-corrected chi connectivity index (χ1v) is 9.77. The monoisotopic (exact) mass is 415 g/mol. The summed E-state index contributed by atoms with van der Waals surface area (Å²) in [5, 5.41) is 0.838. The van der Waals surface area contributed by atoms with E-state index >= 15 is 0 Å². The topological polar surface area (TPSA) is 62.2 Å². The van der Waals surface area contributed by atoms with Crippen molar-refractivity contribution in [2.75, 3.05) is 26.3 Å². The summed E-state index contributed by atoms with van der Waals surface area (Å²) in [5.74, 6) is -0.752. The molecule has 1 unspecified atom stereocenters. The fraction of sp³-hybridized carbons (Fsp3) is 0.300. The molecule has 1 fully saturated rings. The third kappa shape index (κ3) is 3.78. The minimum absolute atomic E-state index is 0.0809. The molecule has 6 nitrogen and oxygen atoms in total. The van der Waals surface area contributed by atoms with Crippen LogP contribution in [0.5, 0.6) is 0 Å². The van der Waals surface area contributed by atoms with E-state index in [-0.39, 0.29) is 16.9 Å². The Balaban J connectivity index is 1.53. The molecular formula is C20H18ClN3O3S. The van der Waals surface area contributed by atoms with Crippen LogP contribution in [-0.4, -0.2) is 58.7 Å². The number of allylic oxidation sites excluding steroid dienone is 1. The average Bonchev–Trinajstić information content (AvgIpc) is 2.72. The Morgan fingerprint density at radius 1 is 1.25 bits per heavy atom. The van der Waals surface area contributed by atoms with Crippen LogP contribution in [0.15, 0.2) is 53.1 Å². The highest BCUT2D eigenvalue weighted by Crippen LogP contribution is 2.25. The van der Waals surface area contributed by atoms with Crippen LogP contribution in [0.4, 0.5) is 0 Å². The lowest BCUT2D eigenvalue weighted by atomic mass is 9.91. The van der Waals surface area contributed by atoms with Crippen molar-refractivity contribution in [3.8, 4) is 0 Å². The number of carbonyl (C=O) groups is 2. The maximum atomic E-state index is 13.0. The van der Waals surface area contributed by atoms with Gasteiger partial charge in [0.05, 0.1) is 31.4 Å². The first-order chi connectivity index (χ1) is 13.5. The number of fused-ring (bicyclic) bond motifs is 1. The maximum absolute atomic E-state index is 13.0. The Morgan fingerprint density at radius 3 is 2.68 bits per heavy atom. The molecule has 2 amide bonds. The van der Waals surface area contributed by atoms with E-state index in [1.54, 1.807) is 35.3 Å². The van der Waals surface area contributed by atoms with Crippen molar-refractivity contribution in [1.82, 2.24) is 9.80 Å². The molecule has 1 aromatic carbocycles. The van der Waals surface area contributed by atoms with E-state index < -0.39 is 5.92 Å². The highest BCUT2D eigenvalue weighted by atomic mass is 35.5. The number of halogens is 1. The van der Waals surface area contributed by atoms with E-state index in [1.807, 2.05) is 12.1 Å². The Kier molecular flexibility index (Phi) is 5.39. The van der Waals surface area contributed by atoms with Crippen LogP contribution in [0, 0.1) is 5.92 Å². The van der Waals surface area contributed by atoms with Gasteiger partial charge in [0.1, 0.15) is 0 Å². The molecule has 0 spiro atoms. The van der Waals surface area contributed by atoms with Gasteiger partial charge in [-0.1, -0.05) is 35.9 Å². The number of hydrogen-bond acceptors (Lipinski definition) is 4. The molecule has 4 rings (SSSR count). The van der Waals surface area contributed by atoms with Gasteiger partial charge in [0.2, 0.25) is 11.0 Å². The number of ether oxygens (including phenoxy) is 1. The van der Waals surface area contributed by atoms with Crippen molar-refractivity contribution in [2.45, 2.75) is 6.54 Å². The van der Waals surface area contributed by atoms with Crippen molar-refractivity contribution in [2.24, 2.45) is 10.9 Å². The summed E-state index contributed by atoms with van der Waals surface area (Å²) in [4.78, 5) is 33.3. The van der Waals surface area contributed by atoms with Gasteiger partial charge in [0, 0.05) is 23.7 Å². The first kappa shape index (κ1) is 19.0. The number of amides is 2. The van der Waals surface area contributed by atoms with E-state index in [0.717, 1.165) is 5.56 Å². The number of aliphatic imine (C=N–C) groups is 1. The number of thiocarbonyl (C=S) groups is 1. The summed E-state index contributed by atoms with van der Waals surface area (Å²) in [6.07, 6.45) is 5.10. The van der Waals surface area contributed by atoms with Crippen LogP contribution in [0.25, 0.3) is 0 Å². The van der Waals surface area contributed by atoms with Crippen molar-refractivity contribution in [3.63, 3.8) is 0 Å². The third-order valence-electron chi connectivity index (χ3n) is 4.88. The molecule has 1 saturated heterocycles. The molecule has 0 radical (unpaired) electrons. The summed E-state index contributed by atoms with van der Waals surface area (Å²) < 4.78 is 5.29. The van der Waals surface area contributed by atoms with E-state index in [0.29, 0.717) is 49.2 Å². The minimum Gasteiger partial charge on any atom is -0.378 e. The SMILES string of the molecule is O=C(C1=CC2=NC(=S)N(Cc3ccc(Cl)cc3)C(=O)C2C=C1)N1CCOCC1. The van der Waals surface area contributed by atoms with E-state index in [4.69, 9.17) is 28.6 Å². The molecule has 2 aliphatic heterocycles. The van der Waals surface area contributed by atoms with Crippen molar-refractivity contribution >= 4 is 46.5 Å².